The van der Waals surface area contributed by atoms with Gasteiger partial charge < -0.3 is 0 Å². The van der Waals surface area contributed by atoms with Gasteiger partial charge in [-0.15, -0.1) is 11.8 Å². The van der Waals surface area contributed by atoms with Crippen molar-refractivity contribution in [3.8, 4) is 17.3 Å². The van der Waals surface area contributed by atoms with Gasteiger partial charge in [-0.3, -0.25) is 0 Å². The first-order chi connectivity index (χ1) is 10.8. The van der Waals surface area contributed by atoms with Gasteiger partial charge in [0.15, 0.2) is 5.69 Å². The fourth-order valence-corrected chi connectivity index (χ4v) is 4.15. The molecule has 0 amide bonds. The Morgan fingerprint density at radius 3 is 2.45 bits per heavy atom. The Hall–Kier alpha value is -1.79. The third-order valence-corrected chi connectivity index (χ3v) is 5.55. The molecular weight excluding hydrogens is 288 g/mol. The Morgan fingerprint density at radius 2 is 1.77 bits per heavy atom. The molecule has 1 aliphatic carbocycles. The molecule has 0 spiro atoms. The zero-order valence-electron chi connectivity index (χ0n) is 12.9. The van der Waals surface area contributed by atoms with Gasteiger partial charge in [0, 0.05) is 15.7 Å². The Balaban J connectivity index is 1.84. The van der Waals surface area contributed by atoms with Gasteiger partial charge in [0.05, 0.1) is 5.69 Å². The molecule has 2 nitrogen and oxygen atoms in total. The van der Waals surface area contributed by atoms with Crippen molar-refractivity contribution in [2.75, 3.05) is 0 Å². The maximum absolute atomic E-state index is 9.44. The smallest absolute Gasteiger partial charge is 0.154 e. The Bertz CT molecular complexity index is 680. The molecule has 1 aromatic carbocycles. The molecule has 0 N–H and O–H groups in total. The molecule has 1 heterocycles. The van der Waals surface area contributed by atoms with Gasteiger partial charge in [-0.1, -0.05) is 49.1 Å². The third-order valence-electron chi connectivity index (χ3n) is 4.16. The van der Waals surface area contributed by atoms with Crippen LogP contribution in [0.25, 0.3) is 11.3 Å². The van der Waals surface area contributed by atoms with Crippen LogP contribution in [0.3, 0.4) is 0 Å². The van der Waals surface area contributed by atoms with Crippen LogP contribution in [0.4, 0.5) is 0 Å². The predicted molar refractivity (Wildman–Crippen MR) is 91.9 cm³/mol. The Morgan fingerprint density at radius 1 is 1.05 bits per heavy atom. The number of aryl methyl sites for hydroxylation is 1. The van der Waals surface area contributed by atoms with Crippen LogP contribution in [0.2, 0.25) is 0 Å². The van der Waals surface area contributed by atoms with Crippen molar-refractivity contribution in [1.29, 1.82) is 5.26 Å². The van der Waals surface area contributed by atoms with Crippen LogP contribution >= 0.6 is 11.8 Å². The first-order valence-electron chi connectivity index (χ1n) is 7.91. The maximum Gasteiger partial charge on any atom is 0.154 e. The van der Waals surface area contributed by atoms with Crippen LogP contribution in [0.1, 0.15) is 43.4 Å². The Kier molecular flexibility index (Phi) is 4.80. The van der Waals surface area contributed by atoms with E-state index in [0.29, 0.717) is 10.9 Å². The van der Waals surface area contributed by atoms with Crippen molar-refractivity contribution < 1.29 is 0 Å². The highest BCUT2D eigenvalue weighted by atomic mass is 32.2. The van der Waals surface area contributed by atoms with Gasteiger partial charge in [-0.05, 0) is 31.9 Å². The molecule has 3 heteroatoms. The van der Waals surface area contributed by atoms with Crippen molar-refractivity contribution in [1.82, 2.24) is 4.98 Å². The number of pyridine rings is 1. The standard InChI is InChI=1S/C19H20N2S/c1-14-7-9-15(10-8-14)17-11-12-19(18(13-20)21-17)22-16-5-3-2-4-6-16/h7-12,16H,2-6H2,1H3. The molecular formula is C19H20N2S. The van der Waals surface area contributed by atoms with E-state index in [9.17, 15) is 5.26 Å². The predicted octanol–water partition coefficient (Wildman–Crippen LogP) is 5.35. The van der Waals surface area contributed by atoms with Crippen molar-refractivity contribution >= 4 is 11.8 Å². The summed E-state index contributed by atoms with van der Waals surface area (Å²) in [7, 11) is 0. The lowest BCUT2D eigenvalue weighted by atomic mass is 10.0. The topological polar surface area (TPSA) is 36.7 Å². The first kappa shape index (κ1) is 15.1. The largest absolute Gasteiger partial charge is 0.236 e. The first-order valence-corrected chi connectivity index (χ1v) is 8.79. The summed E-state index contributed by atoms with van der Waals surface area (Å²) in [6.45, 7) is 2.07. The molecule has 1 aliphatic rings. The minimum atomic E-state index is 0.564. The number of thioether (sulfide) groups is 1. The highest BCUT2D eigenvalue weighted by molar-refractivity contribution is 8.00. The van der Waals surface area contributed by atoms with E-state index in [1.54, 1.807) is 0 Å². The zero-order chi connectivity index (χ0) is 15.4. The van der Waals surface area contributed by atoms with E-state index in [0.717, 1.165) is 16.2 Å². The summed E-state index contributed by atoms with van der Waals surface area (Å²) in [5.74, 6) is 0. The van der Waals surface area contributed by atoms with E-state index >= 15 is 0 Å². The molecule has 1 fully saturated rings. The fraction of sp³-hybridized carbons (Fsp3) is 0.368. The number of benzene rings is 1. The lowest BCUT2D eigenvalue weighted by Gasteiger charge is -2.21. The highest BCUT2D eigenvalue weighted by Crippen LogP contribution is 2.35. The second-order valence-corrected chi connectivity index (χ2v) is 7.24. The molecule has 1 aromatic heterocycles. The number of nitriles is 1. The van der Waals surface area contributed by atoms with Crippen LogP contribution in [-0.2, 0) is 0 Å². The summed E-state index contributed by atoms with van der Waals surface area (Å²) >= 11 is 1.84. The summed E-state index contributed by atoms with van der Waals surface area (Å²) in [4.78, 5) is 5.61. The number of hydrogen-bond donors (Lipinski definition) is 0. The molecule has 1 saturated carbocycles. The quantitative estimate of drug-likeness (QED) is 0.766. The normalized spacial score (nSPS) is 15.5. The molecule has 0 radical (unpaired) electrons. The summed E-state index contributed by atoms with van der Waals surface area (Å²) in [6, 6.07) is 14.7. The van der Waals surface area contributed by atoms with Gasteiger partial charge in [-0.2, -0.15) is 5.26 Å². The van der Waals surface area contributed by atoms with Gasteiger partial charge >= 0.3 is 0 Å². The summed E-state index contributed by atoms with van der Waals surface area (Å²) in [5.41, 5.74) is 3.74. The highest BCUT2D eigenvalue weighted by Gasteiger charge is 2.17. The SMILES string of the molecule is Cc1ccc(-c2ccc(SC3CCCCC3)c(C#N)n2)cc1. The van der Waals surface area contributed by atoms with E-state index in [1.165, 1.54) is 37.7 Å². The molecule has 0 saturated heterocycles. The monoisotopic (exact) mass is 308 g/mol. The molecule has 22 heavy (non-hydrogen) atoms. The summed E-state index contributed by atoms with van der Waals surface area (Å²) in [5, 5.41) is 10.1. The van der Waals surface area contributed by atoms with E-state index in [4.69, 9.17) is 0 Å². The molecule has 2 aromatic rings. The number of rotatable bonds is 3. The molecule has 0 atom stereocenters. The minimum absolute atomic E-state index is 0.564. The van der Waals surface area contributed by atoms with Crippen molar-refractivity contribution in [2.24, 2.45) is 0 Å². The van der Waals surface area contributed by atoms with Gasteiger partial charge in [0.2, 0.25) is 0 Å². The van der Waals surface area contributed by atoms with Gasteiger partial charge in [0.25, 0.3) is 0 Å². The average molecular weight is 308 g/mol. The van der Waals surface area contributed by atoms with Gasteiger partial charge in [-0.25, -0.2) is 4.98 Å². The number of nitrogens with zero attached hydrogens (tertiary/aromatic N) is 2. The summed E-state index contributed by atoms with van der Waals surface area (Å²) < 4.78 is 0. The van der Waals surface area contributed by atoms with Crippen LogP contribution in [0.15, 0.2) is 41.3 Å². The van der Waals surface area contributed by atoms with Crippen molar-refractivity contribution in [3.63, 3.8) is 0 Å². The van der Waals surface area contributed by atoms with Crippen LogP contribution in [0.5, 0.6) is 0 Å². The second kappa shape index (κ2) is 6.98. The van der Waals surface area contributed by atoms with Crippen LogP contribution < -0.4 is 0 Å². The number of aromatic nitrogens is 1. The van der Waals surface area contributed by atoms with Crippen LogP contribution in [0, 0.1) is 18.3 Å². The Labute approximate surface area is 136 Å². The summed E-state index contributed by atoms with van der Waals surface area (Å²) in [6.07, 6.45) is 6.50. The van der Waals surface area contributed by atoms with Crippen molar-refractivity contribution in [2.45, 2.75) is 49.2 Å². The maximum atomic E-state index is 9.44. The average Bonchev–Trinajstić information content (AvgIpc) is 2.57. The van der Waals surface area contributed by atoms with Crippen molar-refractivity contribution in [3.05, 3.63) is 47.7 Å². The number of hydrogen-bond acceptors (Lipinski definition) is 3. The molecule has 0 bridgehead atoms. The third kappa shape index (κ3) is 3.51. The van der Waals surface area contributed by atoms with E-state index in [1.807, 2.05) is 17.8 Å². The van der Waals surface area contributed by atoms with E-state index < -0.39 is 0 Å². The van der Waals surface area contributed by atoms with Crippen LogP contribution in [-0.4, -0.2) is 10.2 Å². The lowest BCUT2D eigenvalue weighted by molar-refractivity contribution is 0.516. The molecule has 3 rings (SSSR count). The molecule has 0 aliphatic heterocycles. The van der Waals surface area contributed by atoms with E-state index in [2.05, 4.69) is 48.3 Å². The van der Waals surface area contributed by atoms with E-state index in [-0.39, 0.29) is 0 Å². The zero-order valence-corrected chi connectivity index (χ0v) is 13.7. The molecule has 0 unspecified atom stereocenters. The van der Waals surface area contributed by atoms with Gasteiger partial charge in [0.1, 0.15) is 6.07 Å². The molecule has 112 valence electrons. The lowest BCUT2D eigenvalue weighted by Crippen LogP contribution is -2.08. The second-order valence-electron chi connectivity index (χ2n) is 5.90. The minimum Gasteiger partial charge on any atom is -0.236 e. The fourth-order valence-electron chi connectivity index (χ4n) is 2.87.